The number of piperidine rings is 1. The molecule has 2 saturated heterocycles. The van der Waals surface area contributed by atoms with Crippen LogP contribution in [0.15, 0.2) is 5.38 Å². The second-order valence-corrected chi connectivity index (χ2v) is 7.08. The molecule has 140 valence electrons. The molecule has 6 nitrogen and oxygen atoms in total. The Labute approximate surface area is 148 Å². The number of alkyl halides is 3. The van der Waals surface area contributed by atoms with E-state index in [2.05, 4.69) is 4.98 Å². The summed E-state index contributed by atoms with van der Waals surface area (Å²) in [5.74, 6) is 0. The Hall–Kier alpha value is -1.55. The first-order valence-corrected chi connectivity index (χ1v) is 9.11. The van der Waals surface area contributed by atoms with Crippen LogP contribution in [0.1, 0.15) is 18.5 Å². The first-order chi connectivity index (χ1) is 11.9. The molecule has 1 aromatic rings. The number of likely N-dealkylation sites (N-methyl/N-ethyl adjacent to an activating group) is 1. The molecule has 0 spiro atoms. The van der Waals surface area contributed by atoms with Crippen LogP contribution in [-0.4, -0.2) is 73.3 Å². The standard InChI is InChI=1S/C15H21F3N4O2S/c1-20(14(23)21-5-7-24-8-6-21)11-3-2-4-22(9-11)13-19-12(10-25-13)15(16,17)18/h10-11H,2-9H2,1H3. The van der Waals surface area contributed by atoms with Gasteiger partial charge in [0.15, 0.2) is 10.8 Å². The molecular formula is C15H21F3N4O2S. The number of carbonyl (C=O) groups is 1. The predicted octanol–water partition coefficient (Wildman–Crippen LogP) is 2.51. The Morgan fingerprint density at radius 1 is 1.36 bits per heavy atom. The van der Waals surface area contributed by atoms with E-state index in [1.165, 1.54) is 0 Å². The Morgan fingerprint density at radius 3 is 2.72 bits per heavy atom. The number of aromatic nitrogens is 1. The Bertz CT molecular complexity index is 604. The monoisotopic (exact) mass is 378 g/mol. The maximum Gasteiger partial charge on any atom is 0.434 e. The van der Waals surface area contributed by atoms with Gasteiger partial charge in [-0.3, -0.25) is 0 Å². The highest BCUT2D eigenvalue weighted by atomic mass is 32.1. The molecule has 0 radical (unpaired) electrons. The van der Waals surface area contributed by atoms with Crippen molar-refractivity contribution >= 4 is 22.5 Å². The van der Waals surface area contributed by atoms with E-state index < -0.39 is 11.9 Å². The van der Waals surface area contributed by atoms with Gasteiger partial charge in [0.2, 0.25) is 0 Å². The minimum Gasteiger partial charge on any atom is -0.378 e. The van der Waals surface area contributed by atoms with Gasteiger partial charge in [-0.2, -0.15) is 13.2 Å². The van der Waals surface area contributed by atoms with E-state index in [9.17, 15) is 18.0 Å². The van der Waals surface area contributed by atoms with Crippen LogP contribution < -0.4 is 4.90 Å². The largest absolute Gasteiger partial charge is 0.434 e. The fraction of sp³-hybridized carbons (Fsp3) is 0.733. The van der Waals surface area contributed by atoms with Gasteiger partial charge in [-0.15, -0.1) is 11.3 Å². The Kier molecular flexibility index (Phi) is 5.38. The van der Waals surface area contributed by atoms with Crippen molar-refractivity contribution < 1.29 is 22.7 Å². The molecule has 25 heavy (non-hydrogen) atoms. The van der Waals surface area contributed by atoms with Gasteiger partial charge in [-0.1, -0.05) is 0 Å². The first kappa shape index (κ1) is 18.2. The first-order valence-electron chi connectivity index (χ1n) is 8.23. The van der Waals surface area contributed by atoms with Gasteiger partial charge in [-0.25, -0.2) is 9.78 Å². The number of carbonyl (C=O) groups excluding carboxylic acids is 1. The fourth-order valence-corrected chi connectivity index (χ4v) is 3.99. The molecule has 2 aliphatic rings. The van der Waals surface area contributed by atoms with Crippen LogP contribution in [-0.2, 0) is 10.9 Å². The van der Waals surface area contributed by atoms with Crippen molar-refractivity contribution in [1.82, 2.24) is 14.8 Å². The molecule has 10 heteroatoms. The van der Waals surface area contributed by atoms with Crippen LogP contribution >= 0.6 is 11.3 Å². The maximum absolute atomic E-state index is 12.7. The lowest BCUT2D eigenvalue weighted by molar-refractivity contribution is -0.140. The zero-order valence-corrected chi connectivity index (χ0v) is 14.8. The van der Waals surface area contributed by atoms with Crippen LogP contribution in [0, 0.1) is 0 Å². The number of amides is 2. The molecule has 2 aliphatic heterocycles. The summed E-state index contributed by atoms with van der Waals surface area (Å²) in [7, 11) is 1.76. The SMILES string of the molecule is CN(C(=O)N1CCOCC1)C1CCCN(c2nc(C(F)(F)F)cs2)C1. The summed E-state index contributed by atoms with van der Waals surface area (Å²) < 4.78 is 43.5. The van der Waals surface area contributed by atoms with Gasteiger partial charge >= 0.3 is 12.2 Å². The van der Waals surface area contributed by atoms with Crippen LogP contribution in [0.25, 0.3) is 0 Å². The van der Waals surface area contributed by atoms with Gasteiger partial charge in [0.1, 0.15) is 0 Å². The number of hydrogen-bond donors (Lipinski definition) is 0. The molecule has 2 fully saturated rings. The summed E-state index contributed by atoms with van der Waals surface area (Å²) in [5, 5.41) is 1.41. The average molecular weight is 378 g/mol. The fourth-order valence-electron chi connectivity index (χ4n) is 3.12. The van der Waals surface area contributed by atoms with Crippen molar-refractivity contribution in [3.05, 3.63) is 11.1 Å². The Morgan fingerprint density at radius 2 is 2.08 bits per heavy atom. The number of urea groups is 1. The number of anilines is 1. The molecule has 1 unspecified atom stereocenters. The number of halogens is 3. The Balaban J connectivity index is 1.64. The molecule has 2 amide bonds. The molecule has 0 aliphatic carbocycles. The van der Waals surface area contributed by atoms with Gasteiger partial charge in [0.25, 0.3) is 0 Å². The maximum atomic E-state index is 12.7. The van der Waals surface area contributed by atoms with Crippen molar-refractivity contribution in [3.63, 3.8) is 0 Å². The van der Waals surface area contributed by atoms with E-state index >= 15 is 0 Å². The molecule has 3 rings (SSSR count). The summed E-state index contributed by atoms with van der Waals surface area (Å²) in [6, 6.07) is -0.0902. The molecular weight excluding hydrogens is 357 g/mol. The van der Waals surface area contributed by atoms with E-state index in [-0.39, 0.29) is 12.1 Å². The highest BCUT2D eigenvalue weighted by molar-refractivity contribution is 7.13. The second kappa shape index (κ2) is 7.36. The number of ether oxygens (including phenoxy) is 1. The molecule has 3 heterocycles. The van der Waals surface area contributed by atoms with Crippen molar-refractivity contribution in [2.75, 3.05) is 51.3 Å². The number of hydrogen-bond acceptors (Lipinski definition) is 5. The van der Waals surface area contributed by atoms with Gasteiger partial charge in [0, 0.05) is 38.6 Å². The predicted molar refractivity (Wildman–Crippen MR) is 87.9 cm³/mol. The van der Waals surface area contributed by atoms with E-state index in [1.54, 1.807) is 16.8 Å². The van der Waals surface area contributed by atoms with Crippen molar-refractivity contribution in [2.24, 2.45) is 0 Å². The third-order valence-corrected chi connectivity index (χ3v) is 5.48. The molecule has 1 aromatic heterocycles. The lowest BCUT2D eigenvalue weighted by Gasteiger charge is -2.40. The van der Waals surface area contributed by atoms with Crippen molar-refractivity contribution in [3.8, 4) is 0 Å². The number of morpholine rings is 1. The van der Waals surface area contributed by atoms with Crippen LogP contribution in [0.2, 0.25) is 0 Å². The summed E-state index contributed by atoms with van der Waals surface area (Å²) >= 11 is 0.998. The molecule has 0 saturated carbocycles. The summed E-state index contributed by atoms with van der Waals surface area (Å²) in [4.78, 5) is 21.6. The number of rotatable bonds is 2. The van der Waals surface area contributed by atoms with Crippen molar-refractivity contribution in [1.29, 1.82) is 0 Å². The molecule has 0 N–H and O–H groups in total. The minimum atomic E-state index is -4.42. The van der Waals surface area contributed by atoms with E-state index in [1.807, 2.05) is 4.90 Å². The highest BCUT2D eigenvalue weighted by Gasteiger charge is 2.35. The molecule has 1 atom stereocenters. The highest BCUT2D eigenvalue weighted by Crippen LogP contribution is 2.34. The number of nitrogens with zero attached hydrogens (tertiary/aromatic N) is 4. The zero-order valence-electron chi connectivity index (χ0n) is 14.0. The van der Waals surface area contributed by atoms with Gasteiger partial charge in [0.05, 0.1) is 19.3 Å². The summed E-state index contributed by atoms with van der Waals surface area (Å²) in [6.07, 6.45) is -2.78. The molecule has 0 aromatic carbocycles. The summed E-state index contributed by atoms with van der Waals surface area (Å²) in [5.41, 5.74) is -0.854. The van der Waals surface area contributed by atoms with Crippen LogP contribution in [0.5, 0.6) is 0 Å². The van der Waals surface area contributed by atoms with E-state index in [0.717, 1.165) is 29.6 Å². The average Bonchev–Trinajstić information content (AvgIpc) is 3.12. The minimum absolute atomic E-state index is 0.0395. The third-order valence-electron chi connectivity index (χ3n) is 4.58. The zero-order chi connectivity index (χ0) is 18.0. The van der Waals surface area contributed by atoms with Crippen LogP contribution in [0.4, 0.5) is 23.1 Å². The number of thiazole rings is 1. The smallest absolute Gasteiger partial charge is 0.378 e. The van der Waals surface area contributed by atoms with Gasteiger partial charge < -0.3 is 19.4 Å². The lowest BCUT2D eigenvalue weighted by atomic mass is 10.1. The molecule has 0 bridgehead atoms. The van der Waals surface area contributed by atoms with E-state index in [0.29, 0.717) is 44.5 Å². The third kappa shape index (κ3) is 4.17. The van der Waals surface area contributed by atoms with E-state index in [4.69, 9.17) is 4.74 Å². The lowest BCUT2D eigenvalue weighted by Crippen LogP contribution is -2.54. The normalized spacial score (nSPS) is 22.2. The quantitative estimate of drug-likeness (QED) is 0.794. The van der Waals surface area contributed by atoms with Gasteiger partial charge in [-0.05, 0) is 12.8 Å². The summed E-state index contributed by atoms with van der Waals surface area (Å²) in [6.45, 7) is 3.37. The van der Waals surface area contributed by atoms with Crippen LogP contribution in [0.3, 0.4) is 0 Å². The topological polar surface area (TPSA) is 48.9 Å². The second-order valence-electron chi connectivity index (χ2n) is 6.25. The van der Waals surface area contributed by atoms with Crippen molar-refractivity contribution in [2.45, 2.75) is 25.1 Å².